The van der Waals surface area contributed by atoms with Crippen LogP contribution in [0.2, 0.25) is 0 Å². The molecule has 0 radical (unpaired) electrons. The van der Waals surface area contributed by atoms with E-state index in [2.05, 4.69) is 59.2 Å². The first kappa shape index (κ1) is 13.7. The molecule has 0 amide bonds. The highest BCUT2D eigenvalue weighted by Gasteiger charge is 2.19. The Morgan fingerprint density at radius 3 is 3.05 bits per heavy atom. The minimum absolute atomic E-state index is 0.685. The van der Waals surface area contributed by atoms with E-state index in [1.807, 2.05) is 7.05 Å². The molecule has 1 fully saturated rings. The zero-order chi connectivity index (χ0) is 13.9. The van der Waals surface area contributed by atoms with Crippen molar-refractivity contribution in [2.24, 2.45) is 0 Å². The molecule has 1 unspecified atom stereocenters. The Morgan fingerprint density at radius 2 is 2.25 bits per heavy atom. The number of anilines is 1. The fourth-order valence-electron chi connectivity index (χ4n) is 2.76. The summed E-state index contributed by atoms with van der Waals surface area (Å²) >= 11 is 2.05. The van der Waals surface area contributed by atoms with E-state index in [4.69, 9.17) is 4.98 Å². The number of nitrogens with zero attached hydrogens (tertiary/aromatic N) is 2. The van der Waals surface area contributed by atoms with Crippen LogP contribution in [-0.4, -0.2) is 36.1 Å². The molecule has 1 aromatic heterocycles. The van der Waals surface area contributed by atoms with Crippen LogP contribution in [0.25, 0.3) is 10.9 Å². The summed E-state index contributed by atoms with van der Waals surface area (Å²) in [7, 11) is 1.99. The molecule has 3 nitrogen and oxygen atoms in total. The van der Waals surface area contributed by atoms with Gasteiger partial charge in [0.2, 0.25) is 0 Å². The van der Waals surface area contributed by atoms with E-state index in [1.165, 1.54) is 16.7 Å². The van der Waals surface area contributed by atoms with Crippen molar-refractivity contribution in [1.29, 1.82) is 0 Å². The van der Waals surface area contributed by atoms with Crippen LogP contribution in [0.3, 0.4) is 0 Å². The van der Waals surface area contributed by atoms with Gasteiger partial charge in [0.15, 0.2) is 0 Å². The molecule has 0 spiro atoms. The van der Waals surface area contributed by atoms with Crippen molar-refractivity contribution in [3.05, 3.63) is 35.9 Å². The smallest absolute Gasteiger partial charge is 0.129 e. The van der Waals surface area contributed by atoms with Crippen molar-refractivity contribution in [3.8, 4) is 0 Å². The third-order valence-electron chi connectivity index (χ3n) is 3.72. The molecule has 106 valence electrons. The van der Waals surface area contributed by atoms with Crippen molar-refractivity contribution in [2.45, 2.75) is 18.7 Å². The van der Waals surface area contributed by atoms with E-state index in [0.717, 1.165) is 31.0 Å². The number of hydrogen-bond acceptors (Lipinski definition) is 4. The van der Waals surface area contributed by atoms with Gasteiger partial charge in [-0.25, -0.2) is 4.98 Å². The lowest BCUT2D eigenvalue weighted by Crippen LogP contribution is -2.37. The second-order valence-corrected chi connectivity index (χ2v) is 6.86. The van der Waals surface area contributed by atoms with Crippen molar-refractivity contribution >= 4 is 28.5 Å². The number of aromatic nitrogens is 1. The second-order valence-electron chi connectivity index (χ2n) is 5.31. The highest BCUT2D eigenvalue weighted by molar-refractivity contribution is 8.00. The van der Waals surface area contributed by atoms with Gasteiger partial charge in [-0.2, -0.15) is 11.8 Å². The summed E-state index contributed by atoms with van der Waals surface area (Å²) in [5, 5.41) is 5.20. The van der Waals surface area contributed by atoms with Crippen molar-refractivity contribution in [2.75, 3.05) is 30.8 Å². The van der Waals surface area contributed by atoms with E-state index in [0.29, 0.717) is 5.25 Å². The number of rotatable bonds is 3. The predicted octanol–water partition coefficient (Wildman–Crippen LogP) is 2.90. The maximum Gasteiger partial charge on any atom is 0.129 e. The number of nitrogens with one attached hydrogen (secondary N) is 1. The van der Waals surface area contributed by atoms with Crippen molar-refractivity contribution in [3.63, 3.8) is 0 Å². The fraction of sp³-hybridized carbons (Fsp3) is 0.438. The van der Waals surface area contributed by atoms with E-state index in [1.54, 1.807) is 0 Å². The summed E-state index contributed by atoms with van der Waals surface area (Å²) in [5.41, 5.74) is 2.43. The molecule has 1 aliphatic heterocycles. The summed E-state index contributed by atoms with van der Waals surface area (Å²) in [4.78, 5) is 7.29. The van der Waals surface area contributed by atoms with Gasteiger partial charge >= 0.3 is 0 Å². The number of pyridine rings is 1. The van der Waals surface area contributed by atoms with Crippen LogP contribution in [0.4, 0.5) is 5.82 Å². The zero-order valence-electron chi connectivity index (χ0n) is 12.1. The number of thioether (sulfide) groups is 1. The maximum atomic E-state index is 4.87. The average molecular weight is 287 g/mol. The standard InChI is InChI=1S/C16H21N3S/c1-12-11-19(7-8-20-12)16-9-13(10-17-2)14-5-3-4-6-15(14)18-16/h3-6,9,12,17H,7-8,10-11H2,1-2H3. The van der Waals surface area contributed by atoms with Crippen LogP contribution in [0.1, 0.15) is 12.5 Å². The second kappa shape index (κ2) is 6.02. The Morgan fingerprint density at radius 1 is 1.40 bits per heavy atom. The molecular formula is C16H21N3S. The maximum absolute atomic E-state index is 4.87. The molecule has 3 rings (SSSR count). The quantitative estimate of drug-likeness (QED) is 0.939. The molecule has 0 saturated carbocycles. The predicted molar refractivity (Wildman–Crippen MR) is 88.6 cm³/mol. The largest absolute Gasteiger partial charge is 0.355 e. The fourth-order valence-corrected chi connectivity index (χ4v) is 3.77. The van der Waals surface area contributed by atoms with E-state index >= 15 is 0 Å². The van der Waals surface area contributed by atoms with Crippen LogP contribution in [0.5, 0.6) is 0 Å². The van der Waals surface area contributed by atoms with Crippen LogP contribution in [0.15, 0.2) is 30.3 Å². The van der Waals surface area contributed by atoms with Gasteiger partial charge in [-0.05, 0) is 24.7 Å². The van der Waals surface area contributed by atoms with Gasteiger partial charge < -0.3 is 10.2 Å². The molecule has 4 heteroatoms. The molecule has 1 aromatic carbocycles. The van der Waals surface area contributed by atoms with Crippen LogP contribution >= 0.6 is 11.8 Å². The Balaban J connectivity index is 2.02. The molecule has 2 aromatic rings. The van der Waals surface area contributed by atoms with Gasteiger partial charge in [-0.1, -0.05) is 25.1 Å². The summed E-state index contributed by atoms with van der Waals surface area (Å²) in [6.07, 6.45) is 0. The van der Waals surface area contributed by atoms with E-state index < -0.39 is 0 Å². The Kier molecular flexibility index (Phi) is 4.13. The highest BCUT2D eigenvalue weighted by Crippen LogP contribution is 2.26. The van der Waals surface area contributed by atoms with Gasteiger partial charge in [0.05, 0.1) is 5.52 Å². The number of para-hydroxylation sites is 1. The third-order valence-corrected chi connectivity index (χ3v) is 4.86. The summed E-state index contributed by atoms with van der Waals surface area (Å²) in [6, 6.07) is 10.7. The molecule has 1 N–H and O–H groups in total. The molecule has 20 heavy (non-hydrogen) atoms. The van der Waals surface area contributed by atoms with E-state index in [9.17, 15) is 0 Å². The first-order chi connectivity index (χ1) is 9.78. The third kappa shape index (κ3) is 2.76. The normalized spacial score (nSPS) is 19.5. The Labute approximate surface area is 124 Å². The first-order valence-corrected chi connectivity index (χ1v) is 8.22. The van der Waals surface area contributed by atoms with Crippen molar-refractivity contribution < 1.29 is 0 Å². The Hall–Kier alpha value is -1.26. The first-order valence-electron chi connectivity index (χ1n) is 7.18. The van der Waals surface area contributed by atoms with Crippen LogP contribution in [-0.2, 0) is 6.54 Å². The minimum Gasteiger partial charge on any atom is -0.355 e. The number of fused-ring (bicyclic) bond motifs is 1. The van der Waals surface area contributed by atoms with Crippen LogP contribution < -0.4 is 10.2 Å². The monoisotopic (exact) mass is 287 g/mol. The summed E-state index contributed by atoms with van der Waals surface area (Å²) in [6.45, 7) is 5.37. The van der Waals surface area contributed by atoms with Gasteiger partial charge in [0.25, 0.3) is 0 Å². The van der Waals surface area contributed by atoms with Gasteiger partial charge in [0, 0.05) is 36.0 Å². The number of hydrogen-bond donors (Lipinski definition) is 1. The van der Waals surface area contributed by atoms with Crippen LogP contribution in [0, 0.1) is 0 Å². The number of benzene rings is 1. The highest BCUT2D eigenvalue weighted by atomic mass is 32.2. The van der Waals surface area contributed by atoms with Crippen molar-refractivity contribution in [1.82, 2.24) is 10.3 Å². The summed E-state index contributed by atoms with van der Waals surface area (Å²) in [5.74, 6) is 2.32. The lowest BCUT2D eigenvalue weighted by molar-refractivity contribution is 0.768. The lowest BCUT2D eigenvalue weighted by atomic mass is 10.1. The average Bonchev–Trinajstić information content (AvgIpc) is 2.47. The lowest BCUT2D eigenvalue weighted by Gasteiger charge is -2.32. The minimum atomic E-state index is 0.685. The topological polar surface area (TPSA) is 28.2 Å². The van der Waals surface area contributed by atoms with Gasteiger partial charge in [-0.15, -0.1) is 0 Å². The zero-order valence-corrected chi connectivity index (χ0v) is 12.9. The molecule has 1 atom stereocenters. The summed E-state index contributed by atoms with van der Waals surface area (Å²) < 4.78 is 0. The van der Waals surface area contributed by atoms with E-state index in [-0.39, 0.29) is 0 Å². The van der Waals surface area contributed by atoms with Gasteiger partial charge in [-0.3, -0.25) is 0 Å². The molecule has 0 aliphatic carbocycles. The SMILES string of the molecule is CNCc1cc(N2CCSC(C)C2)nc2ccccc12. The molecule has 1 aliphatic rings. The van der Waals surface area contributed by atoms with Gasteiger partial charge in [0.1, 0.15) is 5.82 Å². The Bertz CT molecular complexity index is 599. The molecular weight excluding hydrogens is 266 g/mol. The molecule has 1 saturated heterocycles. The molecule has 2 heterocycles. The molecule has 0 bridgehead atoms.